The number of unbranched alkanes of at least 4 members (excludes halogenated alkanes) is 2. The number of ether oxygens (including phenoxy) is 1. The van der Waals surface area contributed by atoms with E-state index in [1.165, 1.54) is 6.07 Å². The molecule has 0 aliphatic carbocycles. The Balaban J connectivity index is 2.52. The normalized spacial score (nSPS) is 10.9. The van der Waals surface area contributed by atoms with Crippen LogP contribution in [0.15, 0.2) is 27.4 Å². The number of ketones is 1. The van der Waals surface area contributed by atoms with Gasteiger partial charge in [-0.05, 0) is 31.0 Å². The van der Waals surface area contributed by atoms with Crippen LogP contribution >= 0.6 is 0 Å². The molecule has 22 heavy (non-hydrogen) atoms. The van der Waals surface area contributed by atoms with Gasteiger partial charge in [0.15, 0.2) is 11.4 Å². The maximum absolute atomic E-state index is 12.3. The fraction of sp³-hybridized carbons (Fsp3) is 0.444. The van der Waals surface area contributed by atoms with Crippen molar-refractivity contribution < 1.29 is 13.9 Å². The van der Waals surface area contributed by atoms with Gasteiger partial charge in [0, 0.05) is 17.9 Å². The Hall–Kier alpha value is -2.10. The molecular weight excluding hydrogens is 280 g/mol. The summed E-state index contributed by atoms with van der Waals surface area (Å²) in [4.78, 5) is 24.0. The molecule has 4 nitrogen and oxygen atoms in total. The highest BCUT2D eigenvalue weighted by molar-refractivity contribution is 6.08. The van der Waals surface area contributed by atoms with Crippen molar-refractivity contribution >= 4 is 16.8 Å². The van der Waals surface area contributed by atoms with E-state index in [9.17, 15) is 9.59 Å². The molecule has 2 rings (SSSR count). The van der Waals surface area contributed by atoms with E-state index in [1.54, 1.807) is 13.0 Å². The van der Waals surface area contributed by atoms with Crippen LogP contribution in [0.1, 0.15) is 55.5 Å². The van der Waals surface area contributed by atoms with Crippen molar-refractivity contribution in [1.82, 2.24) is 0 Å². The molecule has 0 fully saturated rings. The lowest BCUT2D eigenvalue weighted by Crippen LogP contribution is -2.08. The average molecular weight is 302 g/mol. The maximum atomic E-state index is 12.3. The fourth-order valence-corrected chi connectivity index (χ4v) is 2.46. The second kappa shape index (κ2) is 7.25. The second-order valence-electron chi connectivity index (χ2n) is 5.40. The highest BCUT2D eigenvalue weighted by Crippen LogP contribution is 2.30. The lowest BCUT2D eigenvalue weighted by atomic mass is 10.0. The van der Waals surface area contributed by atoms with E-state index in [0.29, 0.717) is 29.9 Å². The molecule has 0 radical (unpaired) electrons. The first-order valence-electron chi connectivity index (χ1n) is 7.82. The fourth-order valence-electron chi connectivity index (χ4n) is 2.46. The minimum Gasteiger partial charge on any atom is -0.493 e. The lowest BCUT2D eigenvalue weighted by Gasteiger charge is -2.12. The van der Waals surface area contributed by atoms with Gasteiger partial charge in [-0.3, -0.25) is 4.79 Å². The first kappa shape index (κ1) is 16.3. The molecule has 0 aliphatic rings. The zero-order valence-electron chi connectivity index (χ0n) is 13.4. The molecule has 1 heterocycles. The molecule has 0 spiro atoms. The second-order valence-corrected chi connectivity index (χ2v) is 5.40. The summed E-state index contributed by atoms with van der Waals surface area (Å²) in [5.74, 6) is 0.425. The summed E-state index contributed by atoms with van der Waals surface area (Å²) in [6.45, 7) is 6.30. The first-order chi connectivity index (χ1) is 10.6. The summed E-state index contributed by atoms with van der Waals surface area (Å²) < 4.78 is 11.1. The van der Waals surface area contributed by atoms with E-state index in [4.69, 9.17) is 9.15 Å². The Morgan fingerprint density at radius 2 is 2.00 bits per heavy atom. The number of Topliss-reactive ketones (excluding diaryl/α,β-unsaturated/α-hetero) is 1. The van der Waals surface area contributed by atoms with Crippen molar-refractivity contribution in [2.24, 2.45) is 0 Å². The highest BCUT2D eigenvalue weighted by atomic mass is 16.5. The van der Waals surface area contributed by atoms with Gasteiger partial charge in [0.05, 0.1) is 6.61 Å². The van der Waals surface area contributed by atoms with E-state index < -0.39 is 5.63 Å². The van der Waals surface area contributed by atoms with E-state index in [0.717, 1.165) is 30.2 Å². The average Bonchev–Trinajstić information content (AvgIpc) is 2.50. The van der Waals surface area contributed by atoms with Gasteiger partial charge in [0.25, 0.3) is 0 Å². The van der Waals surface area contributed by atoms with Crippen LogP contribution in [0.4, 0.5) is 0 Å². The van der Waals surface area contributed by atoms with E-state index >= 15 is 0 Å². The van der Waals surface area contributed by atoms with Gasteiger partial charge in [0.2, 0.25) is 0 Å². The minimum atomic E-state index is -0.446. The van der Waals surface area contributed by atoms with E-state index in [2.05, 4.69) is 6.92 Å². The van der Waals surface area contributed by atoms with Crippen molar-refractivity contribution in [3.05, 3.63) is 39.7 Å². The Bertz CT molecular complexity index is 728. The SMILES string of the molecule is CCCCCOc1ccc2c(C)cc(=O)oc2c1C(=O)CC. The molecule has 1 aromatic carbocycles. The van der Waals surface area contributed by atoms with Crippen LogP contribution in [-0.2, 0) is 0 Å². The number of carbonyl (C=O) groups is 1. The molecule has 0 bridgehead atoms. The summed E-state index contributed by atoms with van der Waals surface area (Å²) >= 11 is 0. The summed E-state index contributed by atoms with van der Waals surface area (Å²) in [5, 5.41) is 0.775. The highest BCUT2D eigenvalue weighted by Gasteiger charge is 2.19. The number of benzene rings is 1. The summed E-state index contributed by atoms with van der Waals surface area (Å²) in [6, 6.07) is 5.07. The van der Waals surface area contributed by atoms with E-state index in [1.807, 2.05) is 13.0 Å². The van der Waals surface area contributed by atoms with Crippen molar-refractivity contribution in [1.29, 1.82) is 0 Å². The van der Waals surface area contributed by atoms with Gasteiger partial charge in [0.1, 0.15) is 11.3 Å². The zero-order chi connectivity index (χ0) is 16.1. The summed E-state index contributed by atoms with van der Waals surface area (Å²) in [5.41, 5.74) is 1.08. The quantitative estimate of drug-likeness (QED) is 0.435. The van der Waals surface area contributed by atoms with Gasteiger partial charge >= 0.3 is 5.63 Å². The Labute approximate surface area is 130 Å². The Morgan fingerprint density at radius 3 is 2.68 bits per heavy atom. The molecule has 0 saturated carbocycles. The minimum absolute atomic E-state index is 0.0789. The van der Waals surface area contributed by atoms with Gasteiger partial charge in [-0.2, -0.15) is 0 Å². The number of fused-ring (bicyclic) bond motifs is 1. The van der Waals surface area contributed by atoms with Crippen molar-refractivity contribution in [2.75, 3.05) is 6.61 Å². The van der Waals surface area contributed by atoms with Gasteiger partial charge in [-0.1, -0.05) is 26.7 Å². The third-order valence-corrected chi connectivity index (χ3v) is 3.69. The third-order valence-electron chi connectivity index (χ3n) is 3.69. The Morgan fingerprint density at radius 1 is 1.23 bits per heavy atom. The van der Waals surface area contributed by atoms with Crippen LogP contribution in [0.3, 0.4) is 0 Å². The van der Waals surface area contributed by atoms with Crippen molar-refractivity contribution in [3.8, 4) is 5.75 Å². The molecule has 2 aromatic rings. The predicted octanol–water partition coefficient (Wildman–Crippen LogP) is 4.26. The maximum Gasteiger partial charge on any atom is 0.336 e. The van der Waals surface area contributed by atoms with Crippen LogP contribution < -0.4 is 10.4 Å². The largest absolute Gasteiger partial charge is 0.493 e. The lowest BCUT2D eigenvalue weighted by molar-refractivity contribution is 0.0984. The molecular formula is C18H22O4. The van der Waals surface area contributed by atoms with Crippen molar-refractivity contribution in [3.63, 3.8) is 0 Å². The number of aryl methyl sites for hydroxylation is 1. The summed E-state index contributed by atoms with van der Waals surface area (Å²) in [7, 11) is 0. The molecule has 0 atom stereocenters. The molecule has 0 unspecified atom stereocenters. The first-order valence-corrected chi connectivity index (χ1v) is 7.82. The molecule has 118 valence electrons. The van der Waals surface area contributed by atoms with Gasteiger partial charge < -0.3 is 9.15 Å². The number of hydrogen-bond donors (Lipinski definition) is 0. The molecule has 0 saturated heterocycles. The standard InChI is InChI=1S/C18H22O4/c1-4-6-7-10-21-15-9-8-13-12(3)11-16(20)22-18(13)17(15)14(19)5-2/h8-9,11H,4-7,10H2,1-3H3. The molecule has 0 N–H and O–H groups in total. The van der Waals surface area contributed by atoms with Gasteiger partial charge in [-0.25, -0.2) is 4.79 Å². The number of carbonyl (C=O) groups excluding carboxylic acids is 1. The van der Waals surface area contributed by atoms with E-state index in [-0.39, 0.29) is 5.78 Å². The van der Waals surface area contributed by atoms with Crippen molar-refractivity contribution in [2.45, 2.75) is 46.5 Å². The predicted molar refractivity (Wildman–Crippen MR) is 86.9 cm³/mol. The molecule has 0 aliphatic heterocycles. The monoisotopic (exact) mass is 302 g/mol. The number of hydrogen-bond acceptors (Lipinski definition) is 4. The Kier molecular flexibility index (Phi) is 5.36. The zero-order valence-corrected chi connectivity index (χ0v) is 13.4. The van der Waals surface area contributed by atoms with Crippen LogP contribution in [0.5, 0.6) is 5.75 Å². The summed E-state index contributed by atoms with van der Waals surface area (Å²) in [6.07, 6.45) is 3.46. The molecule has 0 amide bonds. The smallest absolute Gasteiger partial charge is 0.336 e. The van der Waals surface area contributed by atoms with Crippen LogP contribution in [0.25, 0.3) is 11.0 Å². The topological polar surface area (TPSA) is 56.5 Å². The molecule has 1 aromatic heterocycles. The number of rotatable bonds is 7. The molecule has 4 heteroatoms. The van der Waals surface area contributed by atoms with Crippen LogP contribution in [-0.4, -0.2) is 12.4 Å². The van der Waals surface area contributed by atoms with Gasteiger partial charge in [-0.15, -0.1) is 0 Å². The third kappa shape index (κ3) is 3.38. The van der Waals surface area contributed by atoms with Crippen LogP contribution in [0.2, 0.25) is 0 Å². The van der Waals surface area contributed by atoms with Crippen LogP contribution in [0, 0.1) is 6.92 Å².